The zero-order chi connectivity index (χ0) is 21.2. The lowest BCUT2D eigenvalue weighted by atomic mass is 9.97. The smallest absolute Gasteiger partial charge is 0.212 e. The van der Waals surface area contributed by atoms with Gasteiger partial charge in [0.25, 0.3) is 0 Å². The van der Waals surface area contributed by atoms with E-state index in [-0.39, 0.29) is 5.43 Å². The van der Waals surface area contributed by atoms with E-state index in [0.29, 0.717) is 17.6 Å². The van der Waals surface area contributed by atoms with Crippen LogP contribution in [-0.4, -0.2) is 4.57 Å². The van der Waals surface area contributed by atoms with Crippen molar-refractivity contribution in [1.29, 1.82) is 0 Å². The molecule has 0 bridgehead atoms. The van der Waals surface area contributed by atoms with Gasteiger partial charge in [0.05, 0.1) is 11.9 Å². The predicted octanol–water partition coefficient (Wildman–Crippen LogP) is 6.54. The van der Waals surface area contributed by atoms with Gasteiger partial charge in [-0.3, -0.25) is 4.79 Å². The summed E-state index contributed by atoms with van der Waals surface area (Å²) in [7, 11) is 0. The van der Waals surface area contributed by atoms with E-state index >= 15 is 0 Å². The Balaban J connectivity index is 1.78. The van der Waals surface area contributed by atoms with Gasteiger partial charge in [-0.2, -0.15) is 0 Å². The van der Waals surface area contributed by atoms with Gasteiger partial charge in [0, 0.05) is 23.4 Å². The van der Waals surface area contributed by atoms with Crippen molar-refractivity contribution in [3.63, 3.8) is 0 Å². The first kappa shape index (κ1) is 19.1. The molecule has 0 unspecified atom stereocenters. The largest absolute Gasteiger partial charge is 0.439 e. The van der Waals surface area contributed by atoms with E-state index in [1.165, 1.54) is 5.56 Å². The quantitative estimate of drug-likeness (QED) is 0.333. The Labute approximate surface area is 181 Å². The second-order valence-corrected chi connectivity index (χ2v) is 7.70. The molecule has 0 amide bonds. The maximum Gasteiger partial charge on any atom is 0.212 e. The van der Waals surface area contributed by atoms with Crippen molar-refractivity contribution in [2.45, 2.75) is 19.9 Å². The number of hydrogen-bond donors (Lipinski definition) is 0. The van der Waals surface area contributed by atoms with E-state index in [1.807, 2.05) is 59.3 Å². The molecular formula is C28H23NO2. The maximum atomic E-state index is 13.1. The first-order valence-corrected chi connectivity index (χ1v) is 10.6. The van der Waals surface area contributed by atoms with Gasteiger partial charge in [-0.05, 0) is 23.1 Å². The van der Waals surface area contributed by atoms with Crippen LogP contribution in [0.2, 0.25) is 0 Å². The highest BCUT2D eigenvalue weighted by Gasteiger charge is 2.21. The molecule has 3 aromatic carbocycles. The number of aromatic nitrogens is 1. The minimum absolute atomic E-state index is 0.0280. The van der Waals surface area contributed by atoms with Crippen LogP contribution in [0.3, 0.4) is 0 Å². The number of nitrogens with zero attached hydrogens (tertiary/aromatic N) is 1. The molecule has 0 atom stereocenters. The summed E-state index contributed by atoms with van der Waals surface area (Å²) in [5.41, 5.74) is 5.79. The van der Waals surface area contributed by atoms with Crippen molar-refractivity contribution >= 4 is 11.1 Å². The number of hydrogen-bond acceptors (Lipinski definition) is 2. The molecule has 152 valence electrons. The number of fused-ring (bicyclic) bond motifs is 1. The molecule has 0 saturated heterocycles. The van der Waals surface area contributed by atoms with Crippen LogP contribution in [0.5, 0.6) is 0 Å². The van der Waals surface area contributed by atoms with Crippen LogP contribution in [0.4, 0.5) is 0 Å². The fourth-order valence-corrected chi connectivity index (χ4v) is 4.04. The zero-order valence-corrected chi connectivity index (χ0v) is 17.4. The van der Waals surface area contributed by atoms with E-state index < -0.39 is 0 Å². The number of benzene rings is 3. The highest BCUT2D eigenvalue weighted by Crippen LogP contribution is 2.39. The molecule has 0 radical (unpaired) electrons. The molecule has 3 nitrogen and oxygen atoms in total. The molecule has 5 aromatic rings. The van der Waals surface area contributed by atoms with Crippen LogP contribution in [0.1, 0.15) is 18.1 Å². The number of aryl methyl sites for hydroxylation is 1. The molecule has 2 aromatic heterocycles. The van der Waals surface area contributed by atoms with Gasteiger partial charge in [0.15, 0.2) is 5.43 Å². The second kappa shape index (κ2) is 8.11. The van der Waals surface area contributed by atoms with Crippen LogP contribution in [0.15, 0.2) is 106 Å². The van der Waals surface area contributed by atoms with E-state index in [0.717, 1.165) is 34.4 Å². The summed E-state index contributed by atoms with van der Waals surface area (Å²) in [6.45, 7) is 2.77. The first-order chi connectivity index (χ1) is 15.2. The Morgan fingerprint density at radius 3 is 2.10 bits per heavy atom. The number of furan rings is 1. The molecular weight excluding hydrogens is 382 g/mol. The Kier molecular flexibility index (Phi) is 5.01. The van der Waals surface area contributed by atoms with Gasteiger partial charge in [-0.15, -0.1) is 0 Å². The number of pyridine rings is 1. The average Bonchev–Trinajstić information content (AvgIpc) is 3.24. The molecule has 5 rings (SSSR count). The highest BCUT2D eigenvalue weighted by molar-refractivity contribution is 6.00. The van der Waals surface area contributed by atoms with Crippen molar-refractivity contribution in [3.05, 3.63) is 119 Å². The molecule has 31 heavy (non-hydrogen) atoms. The topological polar surface area (TPSA) is 35.1 Å². The minimum atomic E-state index is -0.0280. The maximum absolute atomic E-state index is 13.1. The van der Waals surface area contributed by atoms with Gasteiger partial charge in [0.2, 0.25) is 5.71 Å². The molecule has 0 spiro atoms. The molecule has 3 heteroatoms. The standard InChI is InChI=1S/C28H23NO2/c1-2-20-13-15-22(16-14-20)25-26-24(30)17-18-29(19-21-9-5-3-6-10-21)28(26)31-27(25)23-11-7-4-8-12-23/h3-18H,2,19H2,1H3. The van der Waals surface area contributed by atoms with Gasteiger partial charge < -0.3 is 8.98 Å². The third-order valence-corrected chi connectivity index (χ3v) is 5.69. The molecule has 2 heterocycles. The molecule has 0 aliphatic heterocycles. The van der Waals surface area contributed by atoms with Gasteiger partial charge in [0.1, 0.15) is 5.76 Å². The summed E-state index contributed by atoms with van der Waals surface area (Å²) in [5, 5.41) is 0.626. The SMILES string of the molecule is CCc1ccc(-c2c(-c3ccccc3)oc3c2c(=O)ccn3Cc2ccccc2)cc1. The summed E-state index contributed by atoms with van der Waals surface area (Å²) in [4.78, 5) is 13.1. The lowest BCUT2D eigenvalue weighted by Gasteiger charge is -2.07. The first-order valence-electron chi connectivity index (χ1n) is 10.6. The normalized spacial score (nSPS) is 11.1. The van der Waals surface area contributed by atoms with Crippen LogP contribution in [0.25, 0.3) is 33.6 Å². The van der Waals surface area contributed by atoms with Crippen molar-refractivity contribution in [2.75, 3.05) is 0 Å². The summed E-state index contributed by atoms with van der Waals surface area (Å²) >= 11 is 0. The van der Waals surface area contributed by atoms with Crippen molar-refractivity contribution < 1.29 is 4.42 Å². The van der Waals surface area contributed by atoms with Crippen LogP contribution in [-0.2, 0) is 13.0 Å². The summed E-state index contributed by atoms with van der Waals surface area (Å²) in [6.07, 6.45) is 2.79. The van der Waals surface area contributed by atoms with Crippen LogP contribution in [0, 0.1) is 0 Å². The Morgan fingerprint density at radius 2 is 1.42 bits per heavy atom. The van der Waals surface area contributed by atoms with Crippen molar-refractivity contribution in [1.82, 2.24) is 4.57 Å². The van der Waals surface area contributed by atoms with Gasteiger partial charge in [-0.1, -0.05) is 91.9 Å². The van der Waals surface area contributed by atoms with Crippen molar-refractivity contribution in [3.8, 4) is 22.5 Å². The van der Waals surface area contributed by atoms with Crippen LogP contribution < -0.4 is 5.43 Å². The Morgan fingerprint density at radius 1 is 0.742 bits per heavy atom. The molecule has 0 fully saturated rings. The lowest BCUT2D eigenvalue weighted by Crippen LogP contribution is -2.07. The zero-order valence-electron chi connectivity index (χ0n) is 17.4. The predicted molar refractivity (Wildman–Crippen MR) is 126 cm³/mol. The van der Waals surface area contributed by atoms with Gasteiger partial charge in [-0.25, -0.2) is 0 Å². The molecule has 0 saturated carbocycles. The molecule has 0 aliphatic rings. The molecule has 0 N–H and O–H groups in total. The fourth-order valence-electron chi connectivity index (χ4n) is 4.04. The minimum Gasteiger partial charge on any atom is -0.439 e. The summed E-state index contributed by atoms with van der Waals surface area (Å²) in [5.74, 6) is 0.727. The average molecular weight is 405 g/mol. The van der Waals surface area contributed by atoms with Gasteiger partial charge >= 0.3 is 0 Å². The van der Waals surface area contributed by atoms with E-state index in [1.54, 1.807) is 6.07 Å². The second-order valence-electron chi connectivity index (χ2n) is 7.70. The lowest BCUT2D eigenvalue weighted by molar-refractivity contribution is 0.585. The van der Waals surface area contributed by atoms with E-state index in [4.69, 9.17) is 4.42 Å². The fraction of sp³-hybridized carbons (Fsp3) is 0.107. The Bertz CT molecular complexity index is 1380. The van der Waals surface area contributed by atoms with Crippen LogP contribution >= 0.6 is 0 Å². The Hall–Kier alpha value is -3.85. The highest BCUT2D eigenvalue weighted by atomic mass is 16.3. The monoisotopic (exact) mass is 405 g/mol. The summed E-state index contributed by atoms with van der Waals surface area (Å²) < 4.78 is 8.46. The molecule has 0 aliphatic carbocycles. The third-order valence-electron chi connectivity index (χ3n) is 5.69. The van der Waals surface area contributed by atoms with E-state index in [9.17, 15) is 4.79 Å². The van der Waals surface area contributed by atoms with Crippen molar-refractivity contribution in [2.24, 2.45) is 0 Å². The summed E-state index contributed by atoms with van der Waals surface area (Å²) in [6, 6.07) is 30.3. The third kappa shape index (κ3) is 3.59. The number of rotatable bonds is 5. The van der Waals surface area contributed by atoms with E-state index in [2.05, 4.69) is 43.3 Å².